The molecule has 0 atom stereocenters. The van der Waals surface area contributed by atoms with Gasteiger partial charge in [-0.15, -0.1) is 11.8 Å². The Hall–Kier alpha value is -0.430. The first-order valence-electron chi connectivity index (χ1n) is 7.60. The monoisotopic (exact) mass is 280 g/mol. The molecule has 0 fully saturated rings. The van der Waals surface area contributed by atoms with Gasteiger partial charge in [0, 0.05) is 4.90 Å². The maximum absolute atomic E-state index is 2.41. The number of hydrogen-bond donors (Lipinski definition) is 0. The summed E-state index contributed by atoms with van der Waals surface area (Å²) in [6, 6.07) is 4.82. The highest BCUT2D eigenvalue weighted by atomic mass is 32.2. The fourth-order valence-corrected chi connectivity index (χ4v) is 3.19. The zero-order valence-electron chi connectivity index (χ0n) is 14.3. The van der Waals surface area contributed by atoms with Gasteiger partial charge in [-0.25, -0.2) is 0 Å². The second-order valence-corrected chi connectivity index (χ2v) is 6.51. The van der Waals surface area contributed by atoms with Crippen molar-refractivity contribution in [1.29, 1.82) is 0 Å². The molecule has 0 spiro atoms. The third-order valence-corrected chi connectivity index (χ3v) is 4.16. The zero-order chi connectivity index (χ0) is 15.2. The van der Waals surface area contributed by atoms with E-state index in [2.05, 4.69) is 59.9 Å². The van der Waals surface area contributed by atoms with E-state index in [0.29, 0.717) is 17.8 Å². The van der Waals surface area contributed by atoms with Crippen LogP contribution >= 0.6 is 11.8 Å². The molecule has 1 heteroatoms. The molecule has 0 heterocycles. The molecule has 1 aromatic carbocycles. The van der Waals surface area contributed by atoms with E-state index in [1.165, 1.54) is 21.6 Å². The van der Waals surface area contributed by atoms with Crippen LogP contribution < -0.4 is 0 Å². The van der Waals surface area contributed by atoms with Crippen molar-refractivity contribution in [3.05, 3.63) is 28.8 Å². The van der Waals surface area contributed by atoms with Crippen LogP contribution in [0.3, 0.4) is 0 Å². The third-order valence-electron chi connectivity index (χ3n) is 3.28. The Labute approximate surface area is 125 Å². The van der Waals surface area contributed by atoms with Crippen molar-refractivity contribution < 1.29 is 0 Å². The molecule has 0 aromatic heterocycles. The van der Waals surface area contributed by atoms with Crippen LogP contribution in [0.4, 0.5) is 0 Å². The minimum Gasteiger partial charge on any atom is -0.129 e. The minimum atomic E-state index is 0.605. The largest absolute Gasteiger partial charge is 0.129 e. The molecule has 0 saturated heterocycles. The first-order valence-corrected chi connectivity index (χ1v) is 8.82. The summed E-state index contributed by atoms with van der Waals surface area (Å²) >= 11 is 1.90. The summed E-state index contributed by atoms with van der Waals surface area (Å²) in [5, 5.41) is 0. The molecule has 0 unspecified atom stereocenters. The molecular weight excluding hydrogens is 248 g/mol. The summed E-state index contributed by atoms with van der Waals surface area (Å²) in [7, 11) is 0. The summed E-state index contributed by atoms with van der Waals surface area (Å²) in [5.41, 5.74) is 4.52. The summed E-state index contributed by atoms with van der Waals surface area (Å²) in [4.78, 5) is 1.50. The van der Waals surface area contributed by atoms with E-state index in [1.54, 1.807) is 0 Å². The second-order valence-electron chi connectivity index (χ2n) is 5.70. The molecule has 0 nitrogen and oxygen atoms in total. The first kappa shape index (κ1) is 18.6. The summed E-state index contributed by atoms with van der Waals surface area (Å²) in [6.45, 7) is 17.7. The van der Waals surface area contributed by atoms with Gasteiger partial charge in [0.25, 0.3) is 0 Å². The van der Waals surface area contributed by atoms with E-state index in [0.717, 1.165) is 0 Å². The zero-order valence-corrected chi connectivity index (χ0v) is 15.1. The van der Waals surface area contributed by atoms with Gasteiger partial charge in [-0.05, 0) is 40.7 Å². The third kappa shape index (κ3) is 4.87. The lowest BCUT2D eigenvalue weighted by Crippen LogP contribution is -2.02. The topological polar surface area (TPSA) is 0 Å². The Morgan fingerprint density at radius 1 is 0.737 bits per heavy atom. The Morgan fingerprint density at radius 2 is 1.11 bits per heavy atom. The Morgan fingerprint density at radius 3 is 1.32 bits per heavy atom. The molecule has 0 N–H and O–H groups in total. The van der Waals surface area contributed by atoms with Gasteiger partial charge in [-0.3, -0.25) is 0 Å². The van der Waals surface area contributed by atoms with Crippen molar-refractivity contribution in [3.63, 3.8) is 0 Å². The minimum absolute atomic E-state index is 0.605. The summed E-state index contributed by atoms with van der Waals surface area (Å²) < 4.78 is 0. The SMILES string of the molecule is CC.CSc1c(C(C)C)cc(C(C)C)cc1C(C)C. The van der Waals surface area contributed by atoms with E-state index in [1.807, 2.05) is 25.6 Å². The Balaban J connectivity index is 0.00000154. The van der Waals surface area contributed by atoms with E-state index in [9.17, 15) is 0 Å². The van der Waals surface area contributed by atoms with Crippen molar-refractivity contribution in [3.8, 4) is 0 Å². The van der Waals surface area contributed by atoms with Gasteiger partial charge >= 0.3 is 0 Å². The predicted octanol–water partition coefficient (Wildman–Crippen LogP) is 6.80. The molecule has 0 bridgehead atoms. The van der Waals surface area contributed by atoms with Crippen LogP contribution in [0.15, 0.2) is 17.0 Å². The average molecular weight is 281 g/mol. The average Bonchev–Trinajstić information content (AvgIpc) is 2.38. The van der Waals surface area contributed by atoms with Gasteiger partial charge < -0.3 is 0 Å². The summed E-state index contributed by atoms with van der Waals surface area (Å²) in [5.74, 6) is 1.82. The molecular formula is C18H32S. The summed E-state index contributed by atoms with van der Waals surface area (Å²) in [6.07, 6.45) is 2.20. The number of benzene rings is 1. The van der Waals surface area contributed by atoms with Crippen LogP contribution in [0.25, 0.3) is 0 Å². The van der Waals surface area contributed by atoms with Crippen LogP contribution in [0.5, 0.6) is 0 Å². The highest BCUT2D eigenvalue weighted by Gasteiger charge is 2.16. The highest BCUT2D eigenvalue weighted by molar-refractivity contribution is 7.98. The molecule has 0 aliphatic rings. The van der Waals surface area contributed by atoms with Crippen molar-refractivity contribution in [1.82, 2.24) is 0 Å². The van der Waals surface area contributed by atoms with Crippen LogP contribution in [0, 0.1) is 0 Å². The quantitative estimate of drug-likeness (QED) is 0.546. The van der Waals surface area contributed by atoms with E-state index in [4.69, 9.17) is 0 Å². The van der Waals surface area contributed by atoms with Gasteiger partial charge in [0.05, 0.1) is 0 Å². The standard InChI is InChI=1S/C16H26S.C2H6/c1-10(2)13-8-14(11(3)4)16(17-7)15(9-13)12(5)6;1-2/h8-12H,1-7H3;1-2H3. The Kier molecular flexibility index (Phi) is 8.49. The number of rotatable bonds is 4. The van der Waals surface area contributed by atoms with Crippen molar-refractivity contribution in [2.45, 2.75) is 78.0 Å². The van der Waals surface area contributed by atoms with Gasteiger partial charge in [-0.1, -0.05) is 67.5 Å². The van der Waals surface area contributed by atoms with E-state index in [-0.39, 0.29) is 0 Å². The Bertz CT molecular complexity index is 346. The molecule has 0 saturated carbocycles. The lowest BCUT2D eigenvalue weighted by molar-refractivity contribution is 0.772. The maximum atomic E-state index is 2.41. The lowest BCUT2D eigenvalue weighted by Gasteiger charge is -2.21. The lowest BCUT2D eigenvalue weighted by atomic mass is 9.89. The highest BCUT2D eigenvalue weighted by Crippen LogP contribution is 2.37. The molecule has 0 radical (unpaired) electrons. The molecule has 110 valence electrons. The van der Waals surface area contributed by atoms with Crippen LogP contribution in [-0.2, 0) is 0 Å². The van der Waals surface area contributed by atoms with Gasteiger partial charge in [0.1, 0.15) is 0 Å². The molecule has 1 rings (SSSR count). The molecule has 0 aliphatic heterocycles. The normalized spacial score (nSPS) is 10.9. The van der Waals surface area contributed by atoms with Gasteiger partial charge in [-0.2, -0.15) is 0 Å². The maximum Gasteiger partial charge on any atom is 0.0139 e. The van der Waals surface area contributed by atoms with Crippen molar-refractivity contribution >= 4 is 11.8 Å². The number of hydrogen-bond acceptors (Lipinski definition) is 1. The smallest absolute Gasteiger partial charge is 0.0139 e. The second kappa shape index (κ2) is 8.68. The van der Waals surface area contributed by atoms with Crippen molar-refractivity contribution in [2.24, 2.45) is 0 Å². The molecule has 0 aliphatic carbocycles. The van der Waals surface area contributed by atoms with E-state index >= 15 is 0 Å². The van der Waals surface area contributed by atoms with Crippen LogP contribution in [0.1, 0.15) is 89.8 Å². The molecule has 0 amide bonds. The molecule has 19 heavy (non-hydrogen) atoms. The fourth-order valence-electron chi connectivity index (χ4n) is 2.13. The van der Waals surface area contributed by atoms with Crippen molar-refractivity contribution in [2.75, 3.05) is 6.26 Å². The van der Waals surface area contributed by atoms with Gasteiger partial charge in [0.15, 0.2) is 0 Å². The van der Waals surface area contributed by atoms with E-state index < -0.39 is 0 Å². The first-order chi connectivity index (χ1) is 8.88. The number of thioether (sulfide) groups is 1. The van der Waals surface area contributed by atoms with Crippen LogP contribution in [0.2, 0.25) is 0 Å². The molecule has 1 aromatic rings. The fraction of sp³-hybridized carbons (Fsp3) is 0.667. The van der Waals surface area contributed by atoms with Gasteiger partial charge in [0.2, 0.25) is 0 Å². The van der Waals surface area contributed by atoms with Crippen LogP contribution in [-0.4, -0.2) is 6.26 Å². The predicted molar refractivity (Wildman–Crippen MR) is 91.8 cm³/mol.